The third kappa shape index (κ3) is 4.98. The summed E-state index contributed by atoms with van der Waals surface area (Å²) in [6.45, 7) is 1.68. The average Bonchev–Trinajstić information content (AvgIpc) is 3.16. The lowest BCUT2D eigenvalue weighted by molar-refractivity contribution is -0.128. The highest BCUT2D eigenvalue weighted by atomic mass is 35.5. The second kappa shape index (κ2) is 9.60. The largest absolute Gasteiger partial charge is 0.337 e. The zero-order valence-corrected chi connectivity index (χ0v) is 19.2. The van der Waals surface area contributed by atoms with Crippen molar-refractivity contribution in [1.82, 2.24) is 9.21 Å². The second-order valence-corrected chi connectivity index (χ2v) is 10.6. The van der Waals surface area contributed by atoms with Gasteiger partial charge < -0.3 is 10.2 Å². The molecule has 2 heterocycles. The predicted molar refractivity (Wildman–Crippen MR) is 123 cm³/mol. The Labute approximate surface area is 193 Å². The molecule has 0 bridgehead atoms. The number of amides is 2. The summed E-state index contributed by atoms with van der Waals surface area (Å²) in [7, 11) is -3.59. The van der Waals surface area contributed by atoms with E-state index in [1.807, 2.05) is 18.2 Å². The van der Waals surface area contributed by atoms with Gasteiger partial charge in [-0.2, -0.15) is 4.31 Å². The summed E-state index contributed by atoms with van der Waals surface area (Å²) in [5, 5.41) is 3.37. The highest BCUT2D eigenvalue weighted by Crippen LogP contribution is 2.26. The monoisotopic (exact) mass is 475 g/mol. The number of anilines is 1. The first-order chi connectivity index (χ1) is 15.3. The van der Waals surface area contributed by atoms with E-state index in [1.165, 1.54) is 10.4 Å². The smallest absolute Gasteiger partial charge is 0.243 e. The molecule has 32 heavy (non-hydrogen) atoms. The fraction of sp³-hybridized carbons (Fsp3) is 0.391. The molecule has 4 rings (SSSR count). The van der Waals surface area contributed by atoms with Crippen LogP contribution in [-0.2, 0) is 26.2 Å². The maximum absolute atomic E-state index is 12.9. The normalized spacial score (nSPS) is 19.8. The first kappa shape index (κ1) is 22.8. The molecule has 170 valence electrons. The Morgan fingerprint density at radius 2 is 1.81 bits per heavy atom. The number of likely N-dealkylation sites (tertiary alicyclic amines) is 1. The molecule has 7 nitrogen and oxygen atoms in total. The number of sulfonamides is 1. The Morgan fingerprint density at radius 1 is 1.06 bits per heavy atom. The van der Waals surface area contributed by atoms with E-state index >= 15 is 0 Å². The molecule has 0 aromatic heterocycles. The quantitative estimate of drug-likeness (QED) is 0.692. The minimum atomic E-state index is -3.59. The van der Waals surface area contributed by atoms with Crippen molar-refractivity contribution in [3.05, 3.63) is 59.1 Å². The molecular weight excluding hydrogens is 450 g/mol. The highest BCUT2D eigenvalue weighted by molar-refractivity contribution is 7.89. The van der Waals surface area contributed by atoms with Gasteiger partial charge in [0, 0.05) is 43.3 Å². The van der Waals surface area contributed by atoms with E-state index in [0.717, 1.165) is 24.8 Å². The van der Waals surface area contributed by atoms with Gasteiger partial charge >= 0.3 is 0 Å². The van der Waals surface area contributed by atoms with Gasteiger partial charge in [-0.1, -0.05) is 42.3 Å². The number of benzene rings is 2. The molecule has 2 aliphatic rings. The van der Waals surface area contributed by atoms with E-state index in [2.05, 4.69) is 5.32 Å². The van der Waals surface area contributed by atoms with Crippen molar-refractivity contribution in [3.8, 4) is 0 Å². The van der Waals surface area contributed by atoms with Gasteiger partial charge in [0.2, 0.25) is 21.8 Å². The van der Waals surface area contributed by atoms with Crippen LogP contribution in [0.3, 0.4) is 0 Å². The Bertz CT molecular complexity index is 1120. The molecule has 2 fully saturated rings. The lowest BCUT2D eigenvalue weighted by Gasteiger charge is -2.26. The number of nitrogens with one attached hydrogen (secondary N) is 1. The molecule has 2 saturated heterocycles. The summed E-state index contributed by atoms with van der Waals surface area (Å²) in [6.07, 6.45) is 2.86. The van der Waals surface area contributed by atoms with Crippen LogP contribution in [0, 0.1) is 5.92 Å². The second-order valence-electron chi connectivity index (χ2n) is 8.25. The summed E-state index contributed by atoms with van der Waals surface area (Å²) < 4.78 is 27.3. The topological polar surface area (TPSA) is 86.8 Å². The summed E-state index contributed by atoms with van der Waals surface area (Å²) in [6, 6.07) is 13.6. The van der Waals surface area contributed by atoms with E-state index in [4.69, 9.17) is 11.6 Å². The van der Waals surface area contributed by atoms with Crippen molar-refractivity contribution in [2.45, 2.75) is 37.1 Å². The number of carbonyl (C=O) groups is 2. The molecule has 1 N–H and O–H groups in total. The van der Waals surface area contributed by atoms with Crippen LogP contribution in [0.2, 0.25) is 5.02 Å². The lowest BCUT2D eigenvalue weighted by atomic mass is 10.1. The third-order valence-corrected chi connectivity index (χ3v) is 8.22. The molecule has 0 radical (unpaired) electrons. The zero-order chi connectivity index (χ0) is 22.7. The number of halogens is 1. The first-order valence-corrected chi connectivity index (χ1v) is 12.6. The maximum atomic E-state index is 12.9. The van der Waals surface area contributed by atoms with Crippen LogP contribution >= 0.6 is 11.6 Å². The zero-order valence-electron chi connectivity index (χ0n) is 17.7. The Hall–Kier alpha value is -2.42. The first-order valence-electron chi connectivity index (χ1n) is 10.8. The molecule has 2 amide bonds. The Kier molecular flexibility index (Phi) is 6.83. The van der Waals surface area contributed by atoms with E-state index < -0.39 is 15.9 Å². The molecule has 0 unspecified atom stereocenters. The SMILES string of the molecule is O=C(Nc1cccc(S(=O)(=O)N2CCCCC2)c1)[C@@H]1CC(=O)N(Cc2ccccc2Cl)C1. The number of nitrogens with zero attached hydrogens (tertiary/aromatic N) is 2. The maximum Gasteiger partial charge on any atom is 0.243 e. The Morgan fingerprint density at radius 3 is 2.56 bits per heavy atom. The average molecular weight is 476 g/mol. The molecule has 0 saturated carbocycles. The van der Waals surface area contributed by atoms with Crippen LogP contribution in [0.1, 0.15) is 31.2 Å². The molecule has 0 spiro atoms. The molecule has 2 aromatic carbocycles. The van der Waals surface area contributed by atoms with Crippen LogP contribution < -0.4 is 5.32 Å². The van der Waals surface area contributed by atoms with E-state index in [0.29, 0.717) is 36.9 Å². The van der Waals surface area contributed by atoms with Gasteiger partial charge in [-0.3, -0.25) is 9.59 Å². The highest BCUT2D eigenvalue weighted by Gasteiger charge is 2.34. The van der Waals surface area contributed by atoms with Crippen molar-refractivity contribution in [2.24, 2.45) is 5.92 Å². The van der Waals surface area contributed by atoms with Gasteiger partial charge in [0.15, 0.2) is 0 Å². The third-order valence-electron chi connectivity index (χ3n) is 5.96. The van der Waals surface area contributed by atoms with Crippen molar-refractivity contribution in [2.75, 3.05) is 25.0 Å². The van der Waals surface area contributed by atoms with Crippen molar-refractivity contribution in [1.29, 1.82) is 0 Å². The van der Waals surface area contributed by atoms with Gasteiger partial charge in [-0.25, -0.2) is 8.42 Å². The fourth-order valence-electron chi connectivity index (χ4n) is 4.17. The summed E-state index contributed by atoms with van der Waals surface area (Å²) in [5.41, 5.74) is 1.24. The molecule has 2 aromatic rings. The lowest BCUT2D eigenvalue weighted by Crippen LogP contribution is -2.35. The van der Waals surface area contributed by atoms with Crippen LogP contribution in [0.4, 0.5) is 5.69 Å². The Balaban J connectivity index is 1.41. The van der Waals surface area contributed by atoms with E-state index in [1.54, 1.807) is 29.2 Å². The standard InChI is InChI=1S/C23H26ClN3O4S/c24-21-10-3-2-7-17(21)15-26-16-18(13-22(26)28)23(29)25-19-8-6-9-20(14-19)32(30,31)27-11-4-1-5-12-27/h2-3,6-10,14,18H,1,4-5,11-13,15-16H2,(H,25,29)/t18-/m1/s1. The van der Waals surface area contributed by atoms with Gasteiger partial charge in [-0.05, 0) is 42.7 Å². The van der Waals surface area contributed by atoms with E-state index in [9.17, 15) is 18.0 Å². The number of carbonyl (C=O) groups excluding carboxylic acids is 2. The van der Waals surface area contributed by atoms with Crippen molar-refractivity contribution in [3.63, 3.8) is 0 Å². The van der Waals surface area contributed by atoms with E-state index in [-0.39, 0.29) is 23.1 Å². The van der Waals surface area contributed by atoms with Crippen molar-refractivity contribution < 1.29 is 18.0 Å². The number of rotatable bonds is 6. The van der Waals surface area contributed by atoms with Crippen molar-refractivity contribution >= 4 is 39.1 Å². The number of piperidine rings is 1. The van der Waals surface area contributed by atoms with Gasteiger partial charge in [0.05, 0.1) is 10.8 Å². The summed E-state index contributed by atoms with van der Waals surface area (Å²) >= 11 is 6.19. The molecule has 2 aliphatic heterocycles. The fourth-order valence-corrected chi connectivity index (χ4v) is 5.92. The van der Waals surface area contributed by atoms with Gasteiger partial charge in [0.25, 0.3) is 0 Å². The molecule has 9 heteroatoms. The van der Waals surface area contributed by atoms with Crippen LogP contribution in [0.25, 0.3) is 0 Å². The number of hydrogen-bond acceptors (Lipinski definition) is 4. The number of hydrogen-bond donors (Lipinski definition) is 1. The minimum absolute atomic E-state index is 0.105. The summed E-state index contributed by atoms with van der Waals surface area (Å²) in [4.78, 5) is 27.0. The minimum Gasteiger partial charge on any atom is -0.337 e. The van der Waals surface area contributed by atoms with Gasteiger partial charge in [0.1, 0.15) is 0 Å². The molecular formula is C23H26ClN3O4S. The van der Waals surface area contributed by atoms with Crippen LogP contribution in [0.15, 0.2) is 53.4 Å². The predicted octanol–water partition coefficient (Wildman–Crippen LogP) is 3.50. The molecule has 0 aliphatic carbocycles. The van der Waals surface area contributed by atoms with Crippen LogP contribution in [-0.4, -0.2) is 49.1 Å². The summed E-state index contributed by atoms with van der Waals surface area (Å²) in [5.74, 6) is -0.911. The molecule has 1 atom stereocenters. The van der Waals surface area contributed by atoms with Crippen LogP contribution in [0.5, 0.6) is 0 Å². The van der Waals surface area contributed by atoms with Gasteiger partial charge in [-0.15, -0.1) is 0 Å².